The number of hydrogen-bond acceptors (Lipinski definition) is 3. The third-order valence-electron chi connectivity index (χ3n) is 2.55. The topological polar surface area (TPSA) is 30.5 Å². The van der Waals surface area contributed by atoms with Crippen LogP contribution >= 0.6 is 38.5 Å². The summed E-state index contributed by atoms with van der Waals surface area (Å²) in [6, 6.07) is 6.41. The molecule has 94 valence electrons. The molecule has 0 spiro atoms. The minimum Gasteiger partial charge on any atom is -0.378 e. The Balaban J connectivity index is 1.95. The molecule has 1 aromatic rings. The van der Waals surface area contributed by atoms with Crippen LogP contribution in [0.15, 0.2) is 22.7 Å². The number of benzene rings is 1. The Morgan fingerprint density at radius 1 is 1.35 bits per heavy atom. The molecule has 0 radical (unpaired) electrons. The summed E-state index contributed by atoms with van der Waals surface area (Å²) in [7, 11) is 0. The van der Waals surface area contributed by atoms with Crippen molar-refractivity contribution in [1.82, 2.24) is 0 Å². The molecule has 3 nitrogen and oxygen atoms in total. The first-order valence-corrected chi connectivity index (χ1v) is 7.33. The molecule has 0 saturated carbocycles. The zero-order valence-corrected chi connectivity index (χ0v) is 13.5. The number of hydrogen-bond donors (Lipinski definition) is 1. The summed E-state index contributed by atoms with van der Waals surface area (Å²) in [5.41, 5.74) is 1.08. The van der Waals surface area contributed by atoms with Crippen LogP contribution in [0.1, 0.15) is 13.8 Å². The van der Waals surface area contributed by atoms with Gasteiger partial charge >= 0.3 is 0 Å². The molecule has 0 aliphatic carbocycles. The molecule has 0 bridgehead atoms. The van der Waals surface area contributed by atoms with Gasteiger partial charge in [0.15, 0.2) is 5.79 Å². The SMILES string of the molecule is CC1(C)OCC(Nc2ccc(I)c(Br)c2)CO1. The monoisotopic (exact) mass is 411 g/mol. The maximum atomic E-state index is 5.61. The fourth-order valence-electron chi connectivity index (χ4n) is 1.60. The lowest BCUT2D eigenvalue weighted by Crippen LogP contribution is -2.45. The smallest absolute Gasteiger partial charge is 0.162 e. The van der Waals surface area contributed by atoms with Gasteiger partial charge in [-0.2, -0.15) is 0 Å². The minimum atomic E-state index is -0.454. The van der Waals surface area contributed by atoms with Crippen LogP contribution in [0.5, 0.6) is 0 Å². The van der Waals surface area contributed by atoms with E-state index in [1.165, 1.54) is 3.57 Å². The van der Waals surface area contributed by atoms with Crippen molar-refractivity contribution in [2.24, 2.45) is 0 Å². The van der Waals surface area contributed by atoms with E-state index in [-0.39, 0.29) is 6.04 Å². The lowest BCUT2D eigenvalue weighted by molar-refractivity contribution is -0.247. The first kappa shape index (κ1) is 13.6. The van der Waals surface area contributed by atoms with Crippen molar-refractivity contribution >= 4 is 44.2 Å². The lowest BCUT2D eigenvalue weighted by Gasteiger charge is -2.35. The second-order valence-corrected chi connectivity index (χ2v) is 6.51. The molecular weight excluding hydrogens is 397 g/mol. The van der Waals surface area contributed by atoms with E-state index in [2.05, 4.69) is 62.0 Å². The fraction of sp³-hybridized carbons (Fsp3) is 0.500. The Bertz CT molecular complexity index is 401. The fourth-order valence-corrected chi connectivity index (χ4v) is 2.31. The zero-order chi connectivity index (χ0) is 12.5. The van der Waals surface area contributed by atoms with Crippen molar-refractivity contribution in [2.45, 2.75) is 25.7 Å². The molecule has 0 atom stereocenters. The van der Waals surface area contributed by atoms with Crippen molar-refractivity contribution in [2.75, 3.05) is 18.5 Å². The molecule has 0 amide bonds. The van der Waals surface area contributed by atoms with E-state index in [9.17, 15) is 0 Å². The van der Waals surface area contributed by atoms with E-state index >= 15 is 0 Å². The van der Waals surface area contributed by atoms with E-state index in [0.29, 0.717) is 13.2 Å². The molecule has 1 aliphatic rings. The van der Waals surface area contributed by atoms with Gasteiger partial charge in [-0.3, -0.25) is 0 Å². The number of ether oxygens (including phenoxy) is 2. The van der Waals surface area contributed by atoms with Gasteiger partial charge in [0.2, 0.25) is 0 Å². The summed E-state index contributed by atoms with van der Waals surface area (Å²) in [6.45, 7) is 5.20. The largest absolute Gasteiger partial charge is 0.378 e. The standard InChI is InChI=1S/C12H15BrINO2/c1-12(2)16-6-9(7-17-12)15-8-3-4-11(14)10(13)5-8/h3-5,9,15H,6-7H2,1-2H3. The first-order chi connectivity index (χ1) is 7.96. The van der Waals surface area contributed by atoms with Crippen LogP contribution < -0.4 is 5.32 Å². The highest BCUT2D eigenvalue weighted by molar-refractivity contribution is 14.1. The van der Waals surface area contributed by atoms with Gasteiger partial charge in [0.05, 0.1) is 19.3 Å². The van der Waals surface area contributed by atoms with E-state index < -0.39 is 5.79 Å². The van der Waals surface area contributed by atoms with Crippen molar-refractivity contribution < 1.29 is 9.47 Å². The number of anilines is 1. The Morgan fingerprint density at radius 2 is 2.00 bits per heavy atom. The van der Waals surface area contributed by atoms with E-state index in [1.807, 2.05) is 13.8 Å². The highest BCUT2D eigenvalue weighted by Gasteiger charge is 2.28. The molecule has 1 fully saturated rings. The molecule has 17 heavy (non-hydrogen) atoms. The maximum Gasteiger partial charge on any atom is 0.162 e. The summed E-state index contributed by atoms with van der Waals surface area (Å²) < 4.78 is 13.5. The van der Waals surface area contributed by atoms with Crippen LogP contribution in [0.2, 0.25) is 0 Å². The van der Waals surface area contributed by atoms with E-state index in [4.69, 9.17) is 9.47 Å². The maximum absolute atomic E-state index is 5.61. The summed E-state index contributed by atoms with van der Waals surface area (Å²) in [5, 5.41) is 3.40. The summed E-state index contributed by atoms with van der Waals surface area (Å²) in [6.07, 6.45) is 0. The molecular formula is C12H15BrINO2. The Morgan fingerprint density at radius 3 is 2.59 bits per heavy atom. The highest BCUT2D eigenvalue weighted by atomic mass is 127. The van der Waals surface area contributed by atoms with Crippen LogP contribution in [0.4, 0.5) is 5.69 Å². The minimum absolute atomic E-state index is 0.204. The van der Waals surface area contributed by atoms with Crippen molar-refractivity contribution in [3.05, 3.63) is 26.2 Å². The quantitative estimate of drug-likeness (QED) is 0.754. The molecule has 1 heterocycles. The third kappa shape index (κ3) is 3.81. The van der Waals surface area contributed by atoms with Gasteiger partial charge in [0, 0.05) is 13.7 Å². The molecule has 0 aromatic heterocycles. The molecule has 1 saturated heterocycles. The molecule has 2 rings (SSSR count). The van der Waals surface area contributed by atoms with Crippen molar-refractivity contribution in [3.8, 4) is 0 Å². The van der Waals surface area contributed by atoms with Gasteiger partial charge in [0.1, 0.15) is 0 Å². The van der Waals surface area contributed by atoms with Gasteiger partial charge in [-0.15, -0.1) is 0 Å². The average molecular weight is 412 g/mol. The van der Waals surface area contributed by atoms with Gasteiger partial charge in [-0.25, -0.2) is 0 Å². The second-order valence-electron chi connectivity index (χ2n) is 4.49. The number of halogens is 2. The van der Waals surface area contributed by atoms with Gasteiger partial charge in [-0.1, -0.05) is 0 Å². The van der Waals surface area contributed by atoms with Crippen LogP contribution in [-0.2, 0) is 9.47 Å². The molecule has 1 aliphatic heterocycles. The van der Waals surface area contributed by atoms with E-state index in [1.54, 1.807) is 0 Å². The molecule has 0 unspecified atom stereocenters. The van der Waals surface area contributed by atoms with Crippen molar-refractivity contribution in [1.29, 1.82) is 0 Å². The van der Waals surface area contributed by atoms with Gasteiger partial charge in [-0.05, 0) is 70.6 Å². The third-order valence-corrected chi connectivity index (χ3v) is 4.89. The van der Waals surface area contributed by atoms with Crippen LogP contribution in [0.25, 0.3) is 0 Å². The Kier molecular flexibility index (Phi) is 4.33. The number of rotatable bonds is 2. The Hall–Kier alpha value is 0.150. The predicted molar refractivity (Wildman–Crippen MR) is 80.3 cm³/mol. The lowest BCUT2D eigenvalue weighted by atomic mass is 10.2. The molecule has 1 aromatic carbocycles. The van der Waals surface area contributed by atoms with Crippen LogP contribution in [-0.4, -0.2) is 25.0 Å². The molecule has 1 N–H and O–H groups in total. The first-order valence-electron chi connectivity index (χ1n) is 5.46. The summed E-state index contributed by atoms with van der Waals surface area (Å²) >= 11 is 5.81. The highest BCUT2D eigenvalue weighted by Crippen LogP contribution is 2.24. The molecule has 5 heteroatoms. The van der Waals surface area contributed by atoms with E-state index in [0.717, 1.165) is 10.2 Å². The normalized spacial score (nSPS) is 20.2. The average Bonchev–Trinajstić information content (AvgIpc) is 2.27. The number of nitrogens with one attached hydrogen (secondary N) is 1. The van der Waals surface area contributed by atoms with Gasteiger partial charge < -0.3 is 14.8 Å². The van der Waals surface area contributed by atoms with Crippen molar-refractivity contribution in [3.63, 3.8) is 0 Å². The second kappa shape index (κ2) is 5.42. The predicted octanol–water partition coefficient (Wildman–Crippen LogP) is 3.62. The van der Waals surface area contributed by atoms with Crippen LogP contribution in [0.3, 0.4) is 0 Å². The summed E-state index contributed by atoms with van der Waals surface area (Å²) in [5.74, 6) is -0.454. The Labute approximate surface area is 124 Å². The van der Waals surface area contributed by atoms with Gasteiger partial charge in [0.25, 0.3) is 0 Å². The zero-order valence-electron chi connectivity index (χ0n) is 9.80. The summed E-state index contributed by atoms with van der Waals surface area (Å²) in [4.78, 5) is 0. The van der Waals surface area contributed by atoms with Crippen LogP contribution in [0, 0.1) is 3.57 Å².